The molecule has 1 aromatic rings. The van der Waals surface area contributed by atoms with Crippen LogP contribution in [-0.4, -0.2) is 37.0 Å². The van der Waals surface area contributed by atoms with Crippen LogP contribution in [0.4, 0.5) is 0 Å². The number of carbonyl (C=O) groups excluding carboxylic acids is 2. The van der Waals surface area contributed by atoms with Gasteiger partial charge in [0.05, 0.1) is 19.4 Å². The molecule has 5 nitrogen and oxygen atoms in total. The summed E-state index contributed by atoms with van der Waals surface area (Å²) in [7, 11) is 1.35. The summed E-state index contributed by atoms with van der Waals surface area (Å²) < 4.78 is 4.66. The third kappa shape index (κ3) is 6.89. The van der Waals surface area contributed by atoms with Gasteiger partial charge >= 0.3 is 5.97 Å². The molecule has 6 heteroatoms. The molecule has 0 spiro atoms. The molecule has 0 aliphatic carbocycles. The third-order valence-electron chi connectivity index (χ3n) is 3.82. The quantitative estimate of drug-likeness (QED) is 0.727. The summed E-state index contributed by atoms with van der Waals surface area (Å²) >= 11 is 0. The normalized spacial score (nSPS) is 12.9. The first-order chi connectivity index (χ1) is 10.9. The number of nitrogens with two attached hydrogens (primary N) is 1. The van der Waals surface area contributed by atoms with Gasteiger partial charge in [-0.15, -0.1) is 12.4 Å². The molecule has 1 rings (SSSR count). The van der Waals surface area contributed by atoms with E-state index in [9.17, 15) is 9.59 Å². The molecular weight excluding hydrogens is 328 g/mol. The second-order valence-electron chi connectivity index (χ2n) is 6.23. The van der Waals surface area contributed by atoms with Gasteiger partial charge in [0.25, 0.3) is 0 Å². The van der Waals surface area contributed by atoms with Crippen molar-refractivity contribution in [3.63, 3.8) is 0 Å². The highest BCUT2D eigenvalue weighted by Crippen LogP contribution is 2.21. The lowest BCUT2D eigenvalue weighted by Crippen LogP contribution is -2.42. The Morgan fingerprint density at radius 2 is 1.75 bits per heavy atom. The Kier molecular flexibility index (Phi) is 10.3. The van der Waals surface area contributed by atoms with Gasteiger partial charge in [-0.1, -0.05) is 51.1 Å². The Morgan fingerprint density at radius 3 is 2.25 bits per heavy atom. The van der Waals surface area contributed by atoms with Crippen LogP contribution in [0.5, 0.6) is 0 Å². The van der Waals surface area contributed by atoms with Crippen molar-refractivity contribution in [2.75, 3.05) is 20.2 Å². The van der Waals surface area contributed by atoms with E-state index in [0.29, 0.717) is 19.0 Å². The van der Waals surface area contributed by atoms with Crippen LogP contribution < -0.4 is 5.73 Å². The van der Waals surface area contributed by atoms with Crippen LogP contribution in [0.15, 0.2) is 30.3 Å². The minimum atomic E-state index is -0.364. The summed E-state index contributed by atoms with van der Waals surface area (Å²) in [6, 6.07) is 9.23. The first-order valence-corrected chi connectivity index (χ1v) is 8.03. The Hall–Kier alpha value is -1.59. The van der Waals surface area contributed by atoms with E-state index in [1.807, 2.05) is 51.1 Å². The van der Waals surface area contributed by atoms with E-state index in [1.165, 1.54) is 7.11 Å². The molecule has 136 valence electrons. The number of methoxy groups -OCH3 is 1. The molecule has 0 bridgehead atoms. The zero-order valence-electron chi connectivity index (χ0n) is 14.9. The molecule has 0 fully saturated rings. The van der Waals surface area contributed by atoms with Gasteiger partial charge in [-0.25, -0.2) is 0 Å². The van der Waals surface area contributed by atoms with Crippen molar-refractivity contribution >= 4 is 24.3 Å². The number of esters is 1. The molecule has 0 aromatic heterocycles. The fraction of sp³-hybridized carbons (Fsp3) is 0.556. The Morgan fingerprint density at radius 1 is 1.17 bits per heavy atom. The van der Waals surface area contributed by atoms with E-state index in [4.69, 9.17) is 5.73 Å². The highest BCUT2D eigenvalue weighted by atomic mass is 35.5. The lowest BCUT2D eigenvalue weighted by molar-refractivity contribution is -0.142. The lowest BCUT2D eigenvalue weighted by atomic mass is 9.94. The predicted octanol–water partition coefficient (Wildman–Crippen LogP) is 2.79. The molecule has 0 heterocycles. The third-order valence-corrected chi connectivity index (χ3v) is 3.82. The fourth-order valence-electron chi connectivity index (χ4n) is 2.47. The fourth-order valence-corrected chi connectivity index (χ4v) is 2.47. The highest BCUT2D eigenvalue weighted by molar-refractivity contribution is 5.85. The van der Waals surface area contributed by atoms with E-state index in [2.05, 4.69) is 4.74 Å². The van der Waals surface area contributed by atoms with Crippen LogP contribution in [-0.2, 0) is 14.3 Å². The summed E-state index contributed by atoms with van der Waals surface area (Å²) in [5.74, 6) is -0.379. The van der Waals surface area contributed by atoms with Crippen molar-refractivity contribution in [3.05, 3.63) is 35.9 Å². The van der Waals surface area contributed by atoms with Gasteiger partial charge in [0.2, 0.25) is 5.91 Å². The molecule has 1 amide bonds. The van der Waals surface area contributed by atoms with Crippen LogP contribution in [0, 0.1) is 11.8 Å². The molecule has 0 saturated carbocycles. The molecule has 2 atom stereocenters. The number of carbonyl (C=O) groups is 2. The first kappa shape index (κ1) is 22.4. The molecule has 2 N–H and O–H groups in total. The summed E-state index contributed by atoms with van der Waals surface area (Å²) in [5.41, 5.74) is 7.19. The van der Waals surface area contributed by atoms with Gasteiger partial charge in [-0.05, 0) is 11.5 Å². The van der Waals surface area contributed by atoms with Gasteiger partial charge in [0.15, 0.2) is 0 Å². The zero-order chi connectivity index (χ0) is 17.4. The van der Waals surface area contributed by atoms with Crippen LogP contribution >= 0.6 is 12.4 Å². The lowest BCUT2D eigenvalue weighted by Gasteiger charge is -2.29. The highest BCUT2D eigenvalue weighted by Gasteiger charge is 2.27. The number of hydrogen-bond donors (Lipinski definition) is 1. The van der Waals surface area contributed by atoms with Crippen molar-refractivity contribution in [2.24, 2.45) is 17.6 Å². The number of ether oxygens (including phenoxy) is 1. The van der Waals surface area contributed by atoms with Gasteiger partial charge < -0.3 is 15.4 Å². The molecule has 0 aliphatic rings. The summed E-state index contributed by atoms with van der Waals surface area (Å²) in [5, 5.41) is 0. The molecule has 24 heavy (non-hydrogen) atoms. The van der Waals surface area contributed by atoms with Gasteiger partial charge in [-0.2, -0.15) is 0 Å². The Bertz CT molecular complexity index is 508. The second-order valence-corrected chi connectivity index (χ2v) is 6.23. The zero-order valence-corrected chi connectivity index (χ0v) is 15.7. The maximum absolute atomic E-state index is 12.8. The van der Waals surface area contributed by atoms with Crippen molar-refractivity contribution in [3.8, 4) is 0 Å². The van der Waals surface area contributed by atoms with Crippen LogP contribution in [0.1, 0.15) is 38.8 Å². The molecule has 0 radical (unpaired) electrons. The minimum absolute atomic E-state index is 0. The second kappa shape index (κ2) is 11.0. The number of amides is 1. The van der Waals surface area contributed by atoms with Gasteiger partial charge in [-0.3, -0.25) is 9.59 Å². The van der Waals surface area contributed by atoms with Crippen LogP contribution in [0.2, 0.25) is 0 Å². The first-order valence-electron chi connectivity index (χ1n) is 8.03. The smallest absolute Gasteiger partial charge is 0.307 e. The van der Waals surface area contributed by atoms with Crippen molar-refractivity contribution in [1.29, 1.82) is 0 Å². The van der Waals surface area contributed by atoms with E-state index in [0.717, 1.165) is 5.56 Å². The largest absolute Gasteiger partial charge is 0.469 e. The molecule has 0 aliphatic heterocycles. The van der Waals surface area contributed by atoms with Crippen molar-refractivity contribution in [2.45, 2.75) is 33.2 Å². The Balaban J connectivity index is 0.00000529. The maximum atomic E-state index is 12.8. The monoisotopic (exact) mass is 356 g/mol. The van der Waals surface area contributed by atoms with E-state index >= 15 is 0 Å². The van der Waals surface area contributed by atoms with E-state index in [1.54, 1.807) is 4.90 Å². The summed E-state index contributed by atoms with van der Waals surface area (Å²) in [6.07, 6.45) is 0.197. The summed E-state index contributed by atoms with van der Waals surface area (Å²) in [4.78, 5) is 25.9. The number of halogens is 1. The van der Waals surface area contributed by atoms with Crippen molar-refractivity contribution < 1.29 is 14.3 Å². The number of hydrogen-bond acceptors (Lipinski definition) is 4. The number of benzene rings is 1. The average molecular weight is 357 g/mol. The molecule has 0 saturated heterocycles. The van der Waals surface area contributed by atoms with Gasteiger partial charge in [0, 0.05) is 19.1 Å². The topological polar surface area (TPSA) is 72.6 Å². The SMILES string of the molecule is COC(=O)CCN(CC(C)C)C(=O)C(C)C(N)c1ccccc1.Cl. The Labute approximate surface area is 151 Å². The standard InChI is InChI=1S/C18H28N2O3.ClH/c1-13(2)12-20(11-10-16(21)23-4)18(22)14(3)17(19)15-8-6-5-7-9-15;/h5-9,13-14,17H,10-12,19H2,1-4H3;1H. The van der Waals surface area contributed by atoms with E-state index < -0.39 is 0 Å². The number of nitrogens with zero attached hydrogens (tertiary/aromatic N) is 1. The molecule has 1 aromatic carbocycles. The van der Waals surface area contributed by atoms with Gasteiger partial charge in [0.1, 0.15) is 0 Å². The maximum Gasteiger partial charge on any atom is 0.307 e. The van der Waals surface area contributed by atoms with Crippen LogP contribution in [0.25, 0.3) is 0 Å². The predicted molar refractivity (Wildman–Crippen MR) is 97.8 cm³/mol. The van der Waals surface area contributed by atoms with E-state index in [-0.39, 0.29) is 42.7 Å². The molecule has 2 unspecified atom stereocenters. The van der Waals surface area contributed by atoms with Crippen molar-refractivity contribution in [1.82, 2.24) is 4.90 Å². The minimum Gasteiger partial charge on any atom is -0.469 e. The number of rotatable bonds is 8. The average Bonchev–Trinajstić information content (AvgIpc) is 2.56. The van der Waals surface area contributed by atoms with Crippen LogP contribution in [0.3, 0.4) is 0 Å². The summed E-state index contributed by atoms with van der Waals surface area (Å²) in [6.45, 7) is 6.88. The molecular formula is C18H29ClN2O3.